The molecule has 1 amide bonds. The second-order valence-electron chi connectivity index (χ2n) is 8.28. The summed E-state index contributed by atoms with van der Waals surface area (Å²) in [7, 11) is -2.42. The molecule has 3 rings (SSSR count). The van der Waals surface area contributed by atoms with Gasteiger partial charge in [0.05, 0.1) is 7.11 Å². The minimum absolute atomic E-state index is 0.00288. The van der Waals surface area contributed by atoms with Gasteiger partial charge >= 0.3 is 0 Å². The van der Waals surface area contributed by atoms with E-state index in [0.29, 0.717) is 18.8 Å². The molecule has 1 aliphatic carbocycles. The number of nitrogens with zero attached hydrogens (tertiary/aromatic N) is 2. The Morgan fingerprint density at radius 1 is 1.26 bits per heavy atom. The van der Waals surface area contributed by atoms with Crippen molar-refractivity contribution in [2.45, 2.75) is 56.5 Å². The molecule has 1 aromatic heterocycles. The molecule has 7 N–H and O–H groups in total. The summed E-state index contributed by atoms with van der Waals surface area (Å²) in [5.41, 5.74) is 10.9. The second-order valence-corrected chi connectivity index (χ2v) is 10.2. The molecule has 35 heavy (non-hydrogen) atoms. The molecular weight excluding hydrogens is 474 g/mol. The molecule has 1 fully saturated rings. The van der Waals surface area contributed by atoms with E-state index in [2.05, 4.69) is 20.6 Å². The zero-order valence-corrected chi connectivity index (χ0v) is 20.9. The van der Waals surface area contributed by atoms with Gasteiger partial charge in [-0.25, -0.2) is 8.42 Å². The number of hydrogen-bond donors (Lipinski definition) is 5. The molecule has 0 radical (unpaired) electrons. The fourth-order valence-corrected chi connectivity index (χ4v) is 5.77. The van der Waals surface area contributed by atoms with Crippen LogP contribution in [0.4, 0.5) is 17.5 Å². The summed E-state index contributed by atoms with van der Waals surface area (Å²) in [4.78, 5) is 31.6. The molecule has 192 valence electrons. The van der Waals surface area contributed by atoms with Gasteiger partial charge in [0.2, 0.25) is 16.0 Å². The Morgan fingerprint density at radius 2 is 1.94 bits per heavy atom. The van der Waals surface area contributed by atoms with Crippen molar-refractivity contribution in [3.8, 4) is 5.75 Å². The average Bonchev–Trinajstić information content (AvgIpc) is 2.80. The Bertz CT molecular complexity index is 1230. The SMILES string of the molecule is CCN(CC)S(=O)(=O)c1ccc(Nc2nc(N[C@H]3CCCC[C@@H]3N)[nH]c(=O)c2C(N)=O)cc1OC. The van der Waals surface area contributed by atoms with Crippen LogP contribution < -0.4 is 32.4 Å². The molecule has 1 heterocycles. The topological polar surface area (TPSA) is 186 Å². The summed E-state index contributed by atoms with van der Waals surface area (Å²) in [6.45, 7) is 4.11. The first-order chi connectivity index (χ1) is 16.6. The van der Waals surface area contributed by atoms with Gasteiger partial charge in [0, 0.05) is 36.9 Å². The molecule has 0 spiro atoms. The number of sulfonamides is 1. The summed E-state index contributed by atoms with van der Waals surface area (Å²) < 4.78 is 32.6. The monoisotopic (exact) mass is 507 g/mol. The minimum atomic E-state index is -3.78. The van der Waals surface area contributed by atoms with Crippen molar-refractivity contribution < 1.29 is 17.9 Å². The van der Waals surface area contributed by atoms with Gasteiger partial charge in [0.25, 0.3) is 11.5 Å². The Hall–Kier alpha value is -3.16. The first kappa shape index (κ1) is 26.4. The number of carbonyl (C=O) groups is 1. The molecule has 12 nitrogen and oxygen atoms in total. The highest BCUT2D eigenvalue weighted by atomic mass is 32.2. The molecule has 1 aromatic carbocycles. The molecule has 0 aliphatic heterocycles. The number of primary amides is 1. The van der Waals surface area contributed by atoms with Crippen LogP contribution in [0.5, 0.6) is 5.75 Å². The van der Waals surface area contributed by atoms with Crippen LogP contribution in [0.25, 0.3) is 0 Å². The van der Waals surface area contributed by atoms with Crippen LogP contribution in [0.3, 0.4) is 0 Å². The van der Waals surface area contributed by atoms with Gasteiger partial charge in [-0.3, -0.25) is 14.6 Å². The normalized spacial score (nSPS) is 18.3. The number of ether oxygens (including phenoxy) is 1. The van der Waals surface area contributed by atoms with Gasteiger partial charge in [-0.05, 0) is 25.0 Å². The highest BCUT2D eigenvalue weighted by Gasteiger charge is 2.27. The lowest BCUT2D eigenvalue weighted by Crippen LogP contribution is -2.43. The summed E-state index contributed by atoms with van der Waals surface area (Å²) >= 11 is 0. The van der Waals surface area contributed by atoms with E-state index in [1.807, 2.05) is 0 Å². The maximum absolute atomic E-state index is 13.0. The number of H-pyrrole nitrogens is 1. The number of benzene rings is 1. The molecule has 0 bridgehead atoms. The molecule has 2 aromatic rings. The summed E-state index contributed by atoms with van der Waals surface area (Å²) in [6, 6.07) is 4.17. The molecule has 13 heteroatoms. The van der Waals surface area contributed by atoms with E-state index in [4.69, 9.17) is 16.2 Å². The number of hydrogen-bond acceptors (Lipinski definition) is 9. The van der Waals surface area contributed by atoms with E-state index < -0.39 is 21.5 Å². The van der Waals surface area contributed by atoms with Crippen LogP contribution in [0.15, 0.2) is 27.9 Å². The number of nitrogens with two attached hydrogens (primary N) is 2. The third-order valence-corrected chi connectivity index (χ3v) is 8.15. The van der Waals surface area contributed by atoms with Crippen molar-refractivity contribution in [2.24, 2.45) is 11.5 Å². The number of aromatic amines is 1. The number of rotatable bonds is 10. The van der Waals surface area contributed by atoms with Crippen molar-refractivity contribution in [1.29, 1.82) is 0 Å². The van der Waals surface area contributed by atoms with Crippen molar-refractivity contribution in [2.75, 3.05) is 30.8 Å². The third-order valence-electron chi connectivity index (χ3n) is 6.06. The maximum Gasteiger partial charge on any atom is 0.267 e. The average molecular weight is 508 g/mol. The van der Waals surface area contributed by atoms with Gasteiger partial charge in [-0.1, -0.05) is 26.7 Å². The smallest absolute Gasteiger partial charge is 0.267 e. The van der Waals surface area contributed by atoms with E-state index in [1.54, 1.807) is 13.8 Å². The Labute approximate surface area is 204 Å². The summed E-state index contributed by atoms with van der Waals surface area (Å²) in [5.74, 6) is -0.791. The van der Waals surface area contributed by atoms with Crippen molar-refractivity contribution in [3.05, 3.63) is 34.1 Å². The Morgan fingerprint density at radius 3 is 2.54 bits per heavy atom. The molecule has 0 saturated heterocycles. The Balaban J connectivity index is 1.98. The lowest BCUT2D eigenvalue weighted by atomic mass is 9.91. The van der Waals surface area contributed by atoms with Crippen molar-refractivity contribution in [1.82, 2.24) is 14.3 Å². The fraction of sp³-hybridized carbons (Fsp3) is 0.500. The molecule has 1 aliphatic rings. The number of aromatic nitrogens is 2. The lowest BCUT2D eigenvalue weighted by molar-refractivity contribution is 0.0999. The first-order valence-electron chi connectivity index (χ1n) is 11.5. The number of amides is 1. The number of anilines is 3. The number of methoxy groups -OCH3 is 1. The highest BCUT2D eigenvalue weighted by molar-refractivity contribution is 7.89. The van der Waals surface area contributed by atoms with E-state index in [-0.39, 0.29) is 40.1 Å². The van der Waals surface area contributed by atoms with Gasteiger partial charge in [0.1, 0.15) is 16.2 Å². The minimum Gasteiger partial charge on any atom is -0.495 e. The van der Waals surface area contributed by atoms with Crippen LogP contribution in [-0.4, -0.2) is 60.9 Å². The molecular formula is C22H33N7O5S. The van der Waals surface area contributed by atoms with E-state index in [9.17, 15) is 18.0 Å². The Kier molecular flexibility index (Phi) is 8.35. The van der Waals surface area contributed by atoms with Crippen LogP contribution in [0.2, 0.25) is 0 Å². The van der Waals surface area contributed by atoms with Crippen LogP contribution in [0.1, 0.15) is 49.9 Å². The maximum atomic E-state index is 13.0. The first-order valence-corrected chi connectivity index (χ1v) is 13.0. The van der Waals surface area contributed by atoms with Gasteiger partial charge < -0.3 is 26.8 Å². The second kappa shape index (κ2) is 11.1. The summed E-state index contributed by atoms with van der Waals surface area (Å²) in [6.07, 6.45) is 3.72. The summed E-state index contributed by atoms with van der Waals surface area (Å²) in [5, 5.41) is 6.05. The molecule has 0 unspecified atom stereocenters. The quantitative estimate of drug-likeness (QED) is 0.316. The predicted octanol–water partition coefficient (Wildman–Crippen LogP) is 1.33. The fourth-order valence-electron chi connectivity index (χ4n) is 4.17. The zero-order valence-electron chi connectivity index (χ0n) is 20.1. The third kappa shape index (κ3) is 5.74. The van der Waals surface area contributed by atoms with Crippen molar-refractivity contribution in [3.63, 3.8) is 0 Å². The van der Waals surface area contributed by atoms with E-state index >= 15 is 0 Å². The van der Waals surface area contributed by atoms with E-state index in [1.165, 1.54) is 29.6 Å². The van der Waals surface area contributed by atoms with Crippen molar-refractivity contribution >= 4 is 33.4 Å². The zero-order chi connectivity index (χ0) is 25.8. The van der Waals surface area contributed by atoms with Crippen LogP contribution in [0, 0.1) is 0 Å². The van der Waals surface area contributed by atoms with Gasteiger partial charge in [0.15, 0.2) is 5.82 Å². The largest absolute Gasteiger partial charge is 0.495 e. The van der Waals surface area contributed by atoms with Gasteiger partial charge in [-0.15, -0.1) is 0 Å². The molecule has 1 saturated carbocycles. The number of carbonyl (C=O) groups excluding carboxylic acids is 1. The van der Waals surface area contributed by atoms with E-state index in [0.717, 1.165) is 25.7 Å². The molecule has 2 atom stereocenters. The predicted molar refractivity (Wildman–Crippen MR) is 134 cm³/mol. The number of nitrogens with one attached hydrogen (secondary N) is 3. The van der Waals surface area contributed by atoms with Crippen LogP contribution >= 0.6 is 0 Å². The van der Waals surface area contributed by atoms with Gasteiger partial charge in [-0.2, -0.15) is 9.29 Å². The highest BCUT2D eigenvalue weighted by Crippen LogP contribution is 2.31. The lowest BCUT2D eigenvalue weighted by Gasteiger charge is -2.29. The standard InChI is InChI=1S/C22H33N7O5S/c1-4-29(5-2)35(32,33)17-11-10-13(12-16(17)34-3)25-20-18(19(24)30)21(31)28-22(27-20)26-15-9-7-6-8-14(15)23/h10-12,14-15H,4-9,23H2,1-3H3,(H2,24,30)(H3,25,26,27,28,31)/t14-,15-/m0/s1. The van der Waals surface area contributed by atoms with Crippen LogP contribution in [-0.2, 0) is 10.0 Å².